The molecule has 0 aliphatic rings. The van der Waals surface area contributed by atoms with Crippen molar-refractivity contribution in [3.63, 3.8) is 0 Å². The molecule has 2 N–H and O–H groups in total. The van der Waals surface area contributed by atoms with E-state index in [0.717, 1.165) is 39.8 Å². The third kappa shape index (κ3) is 4.72. The summed E-state index contributed by atoms with van der Waals surface area (Å²) >= 11 is 0. The van der Waals surface area contributed by atoms with Crippen LogP contribution in [0.5, 0.6) is 11.5 Å². The van der Waals surface area contributed by atoms with Crippen molar-refractivity contribution >= 4 is 64.6 Å². The number of phenols is 2. The van der Waals surface area contributed by atoms with Gasteiger partial charge in [-0.05, 0) is 142 Å². The second-order valence-electron chi connectivity index (χ2n) is 15.4. The zero-order valence-corrected chi connectivity index (χ0v) is 31.2. The van der Waals surface area contributed by atoms with E-state index >= 15 is 0 Å². The van der Waals surface area contributed by atoms with Gasteiger partial charge in [-0.1, -0.05) is 130 Å². The van der Waals surface area contributed by atoms with Gasteiger partial charge >= 0.3 is 0 Å². The molecule has 0 bridgehead atoms. The molecule has 10 aromatic rings. The van der Waals surface area contributed by atoms with Crippen molar-refractivity contribution in [1.29, 1.82) is 0 Å². The van der Waals surface area contributed by atoms with E-state index in [1.165, 1.54) is 75.8 Å². The Kier molecular flexibility index (Phi) is 7.36. The molecule has 0 aromatic heterocycles. The molecule has 0 saturated heterocycles. The van der Waals surface area contributed by atoms with Gasteiger partial charge in [-0.3, -0.25) is 0 Å². The van der Waals surface area contributed by atoms with Crippen LogP contribution < -0.4 is 0 Å². The summed E-state index contributed by atoms with van der Waals surface area (Å²) in [5.41, 5.74) is 8.19. The highest BCUT2D eigenvalue weighted by atomic mass is 16.3. The van der Waals surface area contributed by atoms with Crippen molar-refractivity contribution in [2.75, 3.05) is 0 Å². The molecular formula is C52H42O2. The molecule has 0 amide bonds. The molecular weight excluding hydrogens is 657 g/mol. The van der Waals surface area contributed by atoms with Crippen LogP contribution in [-0.2, 0) is 6.42 Å². The first-order valence-corrected chi connectivity index (χ1v) is 19.4. The van der Waals surface area contributed by atoms with E-state index in [1.807, 2.05) is 6.92 Å². The molecule has 10 rings (SSSR count). The lowest BCUT2D eigenvalue weighted by atomic mass is 9.80. The first kappa shape index (κ1) is 32.5. The topological polar surface area (TPSA) is 40.5 Å². The Morgan fingerprint density at radius 3 is 1.48 bits per heavy atom. The number of benzene rings is 10. The number of hydrogen-bond donors (Lipinski definition) is 2. The van der Waals surface area contributed by atoms with Gasteiger partial charge in [-0.15, -0.1) is 0 Å². The lowest BCUT2D eigenvalue weighted by molar-refractivity contribution is 0.457. The van der Waals surface area contributed by atoms with Crippen molar-refractivity contribution in [3.05, 3.63) is 167 Å². The van der Waals surface area contributed by atoms with Gasteiger partial charge in [0, 0.05) is 23.0 Å². The molecule has 0 fully saturated rings. The minimum absolute atomic E-state index is 0.00590. The molecule has 0 spiro atoms. The zero-order valence-electron chi connectivity index (χ0n) is 31.2. The Hall–Kier alpha value is -6.12. The first-order chi connectivity index (χ1) is 26.3. The maximum absolute atomic E-state index is 11.9. The molecule has 0 heterocycles. The van der Waals surface area contributed by atoms with Crippen LogP contribution in [0, 0.1) is 6.92 Å². The summed E-state index contributed by atoms with van der Waals surface area (Å²) in [4.78, 5) is 0. The molecule has 0 radical (unpaired) electrons. The number of aromatic hydroxyl groups is 2. The number of phenolic OH excluding ortho intramolecular Hbond substituents is 2. The molecule has 2 heteroatoms. The number of rotatable bonds is 7. The summed E-state index contributed by atoms with van der Waals surface area (Å²) in [6.07, 6.45) is 1.56. The first-order valence-electron chi connectivity index (χ1n) is 19.4. The highest BCUT2D eigenvalue weighted by Gasteiger charge is 2.25. The van der Waals surface area contributed by atoms with Crippen LogP contribution in [0.15, 0.2) is 133 Å². The van der Waals surface area contributed by atoms with Crippen molar-refractivity contribution in [3.8, 4) is 22.6 Å². The van der Waals surface area contributed by atoms with Gasteiger partial charge in [-0.2, -0.15) is 0 Å². The lowest BCUT2D eigenvalue weighted by Crippen LogP contribution is -2.04. The summed E-state index contributed by atoms with van der Waals surface area (Å²) in [6, 6.07) is 48.6. The average molecular weight is 699 g/mol. The molecule has 10 aromatic carbocycles. The van der Waals surface area contributed by atoms with Crippen molar-refractivity contribution < 1.29 is 10.2 Å². The molecule has 262 valence electrons. The molecule has 2 nitrogen and oxygen atoms in total. The van der Waals surface area contributed by atoms with Crippen molar-refractivity contribution in [1.82, 2.24) is 0 Å². The molecule has 0 aliphatic carbocycles. The number of hydrogen-bond acceptors (Lipinski definition) is 2. The molecule has 0 saturated carbocycles. The third-order valence-electron chi connectivity index (χ3n) is 12.5. The smallest absolute Gasteiger partial charge is 0.122 e. The van der Waals surface area contributed by atoms with E-state index in [0.29, 0.717) is 17.9 Å². The average Bonchev–Trinajstić information content (AvgIpc) is 3.21. The minimum Gasteiger partial charge on any atom is -0.507 e. The van der Waals surface area contributed by atoms with E-state index in [-0.39, 0.29) is 11.8 Å². The molecule has 0 aliphatic heterocycles. The van der Waals surface area contributed by atoms with Crippen LogP contribution in [0.4, 0.5) is 0 Å². The summed E-state index contributed by atoms with van der Waals surface area (Å²) in [7, 11) is 0. The summed E-state index contributed by atoms with van der Waals surface area (Å²) in [6.45, 7) is 8.55. The van der Waals surface area contributed by atoms with Gasteiger partial charge in [0.2, 0.25) is 0 Å². The van der Waals surface area contributed by atoms with Crippen LogP contribution in [0.1, 0.15) is 72.4 Å². The van der Waals surface area contributed by atoms with E-state index in [1.54, 1.807) is 0 Å². The van der Waals surface area contributed by atoms with Gasteiger partial charge in [0.25, 0.3) is 0 Å². The van der Waals surface area contributed by atoms with Crippen LogP contribution >= 0.6 is 0 Å². The highest BCUT2D eigenvalue weighted by Crippen LogP contribution is 2.46. The maximum Gasteiger partial charge on any atom is 0.122 e. The Morgan fingerprint density at radius 1 is 0.463 bits per heavy atom. The number of aryl methyl sites for hydroxylation is 2. The molecule has 2 atom stereocenters. The Balaban J connectivity index is 1.12. The maximum atomic E-state index is 11.9. The Bertz CT molecular complexity index is 3050. The van der Waals surface area contributed by atoms with Gasteiger partial charge in [0.15, 0.2) is 0 Å². The summed E-state index contributed by atoms with van der Waals surface area (Å²) in [5, 5.41) is 38.8. The lowest BCUT2D eigenvalue weighted by Gasteiger charge is -2.24. The van der Waals surface area contributed by atoms with Crippen LogP contribution in [0.3, 0.4) is 0 Å². The summed E-state index contributed by atoms with van der Waals surface area (Å²) < 4.78 is 0. The Labute approximate surface area is 315 Å². The van der Waals surface area contributed by atoms with E-state index in [2.05, 4.69) is 154 Å². The zero-order chi connectivity index (χ0) is 36.8. The van der Waals surface area contributed by atoms with Gasteiger partial charge in [-0.25, -0.2) is 0 Å². The van der Waals surface area contributed by atoms with Crippen LogP contribution in [0.25, 0.3) is 75.8 Å². The third-order valence-corrected chi connectivity index (χ3v) is 12.5. The SMILES string of the molecule is CCc1cc(-c2cc(C)c(O)c(C(C)c3ccc4ccc5cccc6ccc3c4c56)c2)cc(C(CC)c2ccc3ccc4cccc5ccc2c3c45)c1O. The van der Waals surface area contributed by atoms with E-state index < -0.39 is 0 Å². The normalized spacial score (nSPS) is 13.3. The fraction of sp³-hybridized carbons (Fsp3) is 0.154. The van der Waals surface area contributed by atoms with Crippen molar-refractivity contribution in [2.24, 2.45) is 0 Å². The fourth-order valence-corrected chi connectivity index (χ4v) is 9.70. The van der Waals surface area contributed by atoms with Crippen LogP contribution in [-0.4, -0.2) is 10.2 Å². The molecule has 2 unspecified atom stereocenters. The van der Waals surface area contributed by atoms with Crippen molar-refractivity contribution in [2.45, 2.75) is 52.4 Å². The van der Waals surface area contributed by atoms with Gasteiger partial charge in [0.1, 0.15) is 11.5 Å². The van der Waals surface area contributed by atoms with Gasteiger partial charge < -0.3 is 10.2 Å². The highest BCUT2D eigenvalue weighted by molar-refractivity contribution is 6.24. The molecule has 54 heavy (non-hydrogen) atoms. The Morgan fingerprint density at radius 2 is 0.926 bits per heavy atom. The second-order valence-corrected chi connectivity index (χ2v) is 15.4. The predicted molar refractivity (Wildman–Crippen MR) is 229 cm³/mol. The van der Waals surface area contributed by atoms with Gasteiger partial charge in [0.05, 0.1) is 0 Å². The van der Waals surface area contributed by atoms with Crippen LogP contribution in [0.2, 0.25) is 0 Å². The summed E-state index contributed by atoms with van der Waals surface area (Å²) in [5.74, 6) is 0.660. The predicted octanol–water partition coefficient (Wildman–Crippen LogP) is 14.1. The second kappa shape index (κ2) is 12.2. The minimum atomic E-state index is -0.0592. The van der Waals surface area contributed by atoms with E-state index in [4.69, 9.17) is 0 Å². The fourth-order valence-electron chi connectivity index (χ4n) is 9.70. The largest absolute Gasteiger partial charge is 0.507 e. The van der Waals surface area contributed by atoms with E-state index in [9.17, 15) is 10.2 Å². The monoisotopic (exact) mass is 698 g/mol. The quantitative estimate of drug-likeness (QED) is 0.163. The standard InChI is InChI=1S/C52H42O2/c1-5-31-26-39(28-46(52(31)54)40(6-2)42-22-18-37-16-14-33-10-8-12-35-20-24-44(42)50(37)48(33)35)38-25-29(3)51(53)45(27-38)30(4)41-21-17-36-15-13-32-9-7-11-34-19-23-43(41)49(36)47(32)34/h7-28,30,40,53-54H,5-6H2,1-4H3.